The van der Waals surface area contributed by atoms with Crippen molar-refractivity contribution in [3.63, 3.8) is 0 Å². The number of hydrogen-bond donors (Lipinski definition) is 0. The van der Waals surface area contributed by atoms with E-state index in [2.05, 4.69) is 11.1 Å². The van der Waals surface area contributed by atoms with E-state index in [1.807, 2.05) is 13.8 Å². The van der Waals surface area contributed by atoms with Crippen molar-refractivity contribution in [2.24, 2.45) is 5.92 Å². The second-order valence-corrected chi connectivity index (χ2v) is 7.64. The first-order chi connectivity index (χ1) is 10.0. The number of fused-ring (bicyclic) bond motifs is 1. The quantitative estimate of drug-likeness (QED) is 0.601. The maximum Gasteiger partial charge on any atom is 0.534 e. The summed E-state index contributed by atoms with van der Waals surface area (Å²) in [6.07, 6.45) is 1.94. The second kappa shape index (κ2) is 5.76. The summed E-state index contributed by atoms with van der Waals surface area (Å²) in [5.41, 5.74) is -3.47. The predicted octanol–water partition coefficient (Wildman–Crippen LogP) is 4.55. The molecule has 1 aromatic carbocycles. The van der Waals surface area contributed by atoms with Crippen molar-refractivity contribution in [3.05, 3.63) is 29.3 Å². The lowest BCUT2D eigenvalue weighted by Crippen LogP contribution is -2.28. The summed E-state index contributed by atoms with van der Waals surface area (Å²) in [5.74, 6) is 0.540. The van der Waals surface area contributed by atoms with Gasteiger partial charge in [-0.2, -0.15) is 21.6 Å². The molecule has 0 spiro atoms. The summed E-state index contributed by atoms with van der Waals surface area (Å²) >= 11 is 0. The van der Waals surface area contributed by atoms with Gasteiger partial charge in [-0.05, 0) is 53.9 Å². The summed E-state index contributed by atoms with van der Waals surface area (Å²) in [4.78, 5) is 0. The van der Waals surface area contributed by atoms with Crippen molar-refractivity contribution in [2.75, 3.05) is 0 Å². The van der Waals surface area contributed by atoms with Gasteiger partial charge < -0.3 is 4.18 Å². The van der Waals surface area contributed by atoms with Gasteiger partial charge in [0.25, 0.3) is 0 Å². The van der Waals surface area contributed by atoms with Crippen LogP contribution in [0.2, 0.25) is 0 Å². The van der Waals surface area contributed by atoms with Crippen molar-refractivity contribution in [3.8, 4) is 5.75 Å². The van der Waals surface area contributed by atoms with Crippen molar-refractivity contribution in [1.82, 2.24) is 0 Å². The molecule has 2 atom stereocenters. The maximum atomic E-state index is 12.4. The van der Waals surface area contributed by atoms with E-state index in [1.165, 1.54) is 12.1 Å². The number of halogens is 3. The lowest BCUT2D eigenvalue weighted by molar-refractivity contribution is -0.0500. The number of hydrogen-bond acceptors (Lipinski definition) is 3. The molecule has 124 valence electrons. The minimum atomic E-state index is -5.63. The first kappa shape index (κ1) is 17.1. The minimum absolute atomic E-state index is 0.198. The highest BCUT2D eigenvalue weighted by atomic mass is 32.2. The maximum absolute atomic E-state index is 12.4. The number of benzene rings is 1. The monoisotopic (exact) mass is 336 g/mol. The van der Waals surface area contributed by atoms with Crippen molar-refractivity contribution in [1.29, 1.82) is 0 Å². The SMILES string of the molecule is CC(C)[C@@H]1CC[C@@H](C)c2ccc(OS(=O)(=O)C(F)(F)F)cc21. The van der Waals surface area contributed by atoms with Crippen molar-refractivity contribution in [2.45, 2.75) is 51.0 Å². The van der Waals surface area contributed by atoms with Gasteiger partial charge in [0.15, 0.2) is 0 Å². The summed E-state index contributed by atoms with van der Waals surface area (Å²) in [6, 6.07) is 4.41. The number of alkyl halides is 3. The van der Waals surface area contributed by atoms with Crippen molar-refractivity contribution < 1.29 is 25.8 Å². The molecule has 2 rings (SSSR count). The molecule has 3 nitrogen and oxygen atoms in total. The van der Waals surface area contributed by atoms with E-state index < -0.39 is 15.6 Å². The molecule has 0 aromatic heterocycles. The standard InChI is InChI=1S/C15H19F3O3S/c1-9(2)12-6-4-10(3)13-7-5-11(8-14(12)13)21-22(19,20)15(16,17)18/h5,7-10,12H,4,6H2,1-3H3/t10-,12+/m1/s1. The molecule has 0 N–H and O–H groups in total. The Kier molecular flexibility index (Phi) is 4.48. The van der Waals surface area contributed by atoms with Gasteiger partial charge in [0.1, 0.15) is 5.75 Å². The van der Waals surface area contributed by atoms with Crippen LogP contribution in [0.3, 0.4) is 0 Å². The van der Waals surface area contributed by atoms with Crippen LogP contribution >= 0.6 is 0 Å². The third-order valence-corrected chi connectivity index (χ3v) is 5.17. The molecule has 0 saturated heterocycles. The fraction of sp³-hybridized carbons (Fsp3) is 0.600. The van der Waals surface area contributed by atoms with Crippen LogP contribution in [-0.4, -0.2) is 13.9 Å². The van der Waals surface area contributed by atoms with Gasteiger partial charge in [-0.25, -0.2) is 0 Å². The Morgan fingerprint density at radius 3 is 2.36 bits per heavy atom. The van der Waals surface area contributed by atoms with E-state index in [-0.39, 0.29) is 11.7 Å². The Hall–Kier alpha value is -1.24. The molecular formula is C15H19F3O3S. The Labute approximate surface area is 128 Å². The average molecular weight is 336 g/mol. The van der Waals surface area contributed by atoms with Gasteiger partial charge in [-0.3, -0.25) is 0 Å². The molecule has 7 heteroatoms. The van der Waals surface area contributed by atoms with Crippen LogP contribution in [-0.2, 0) is 10.1 Å². The third kappa shape index (κ3) is 3.24. The summed E-state index contributed by atoms with van der Waals surface area (Å²) in [7, 11) is -5.63. The molecule has 22 heavy (non-hydrogen) atoms. The van der Waals surface area contributed by atoms with E-state index >= 15 is 0 Å². The molecule has 0 amide bonds. The molecule has 0 fully saturated rings. The summed E-state index contributed by atoms with van der Waals surface area (Å²) in [5, 5.41) is 0. The third-order valence-electron chi connectivity index (χ3n) is 4.19. The van der Waals surface area contributed by atoms with E-state index in [4.69, 9.17) is 0 Å². The van der Waals surface area contributed by atoms with Crippen LogP contribution in [0.15, 0.2) is 18.2 Å². The highest BCUT2D eigenvalue weighted by Gasteiger charge is 2.48. The minimum Gasteiger partial charge on any atom is -0.376 e. The van der Waals surface area contributed by atoms with Crippen LogP contribution in [0.4, 0.5) is 13.2 Å². The van der Waals surface area contributed by atoms with Crippen molar-refractivity contribution >= 4 is 10.1 Å². The van der Waals surface area contributed by atoms with Gasteiger partial charge in [0.05, 0.1) is 0 Å². The van der Waals surface area contributed by atoms with Gasteiger partial charge in [-0.1, -0.05) is 26.8 Å². The second-order valence-electron chi connectivity index (χ2n) is 6.10. The number of rotatable bonds is 3. The lowest BCUT2D eigenvalue weighted by atomic mass is 9.73. The van der Waals surface area contributed by atoms with E-state index in [0.29, 0.717) is 11.8 Å². The average Bonchev–Trinajstić information content (AvgIpc) is 2.36. The van der Waals surface area contributed by atoms with Gasteiger partial charge in [-0.15, -0.1) is 0 Å². The molecule has 1 aliphatic rings. The summed E-state index contributed by atoms with van der Waals surface area (Å²) < 4.78 is 63.7. The van der Waals surface area contributed by atoms with E-state index in [9.17, 15) is 21.6 Å². The molecule has 0 unspecified atom stereocenters. The molecule has 0 heterocycles. The fourth-order valence-corrected chi connectivity index (χ4v) is 3.43. The van der Waals surface area contributed by atoms with Crippen LogP contribution in [0.25, 0.3) is 0 Å². The van der Waals surface area contributed by atoms with Gasteiger partial charge in [0.2, 0.25) is 0 Å². The molecule has 1 aromatic rings. The Bertz CT molecular complexity index is 650. The highest BCUT2D eigenvalue weighted by molar-refractivity contribution is 7.88. The molecule has 0 bridgehead atoms. The van der Waals surface area contributed by atoms with Crippen LogP contribution < -0.4 is 4.18 Å². The van der Waals surface area contributed by atoms with Crippen LogP contribution in [0.5, 0.6) is 5.75 Å². The molecule has 1 aliphatic carbocycles. The Balaban J connectivity index is 2.40. The molecule has 0 saturated carbocycles. The van der Waals surface area contributed by atoms with E-state index in [1.54, 1.807) is 6.07 Å². The first-order valence-electron chi connectivity index (χ1n) is 7.17. The zero-order chi connectivity index (χ0) is 16.7. The van der Waals surface area contributed by atoms with Crippen LogP contribution in [0, 0.1) is 5.92 Å². The molecular weight excluding hydrogens is 317 g/mol. The zero-order valence-electron chi connectivity index (χ0n) is 12.6. The van der Waals surface area contributed by atoms with Crippen LogP contribution in [0.1, 0.15) is 56.6 Å². The highest BCUT2D eigenvalue weighted by Crippen LogP contribution is 2.43. The largest absolute Gasteiger partial charge is 0.534 e. The molecule has 0 aliphatic heterocycles. The topological polar surface area (TPSA) is 43.4 Å². The van der Waals surface area contributed by atoms with Gasteiger partial charge >= 0.3 is 15.6 Å². The Morgan fingerprint density at radius 1 is 1.18 bits per heavy atom. The van der Waals surface area contributed by atoms with E-state index in [0.717, 1.165) is 24.0 Å². The first-order valence-corrected chi connectivity index (χ1v) is 8.58. The smallest absolute Gasteiger partial charge is 0.376 e. The molecule has 0 radical (unpaired) electrons. The van der Waals surface area contributed by atoms with Gasteiger partial charge in [0, 0.05) is 0 Å². The zero-order valence-corrected chi connectivity index (χ0v) is 13.5. The Morgan fingerprint density at radius 2 is 1.82 bits per heavy atom. The lowest BCUT2D eigenvalue weighted by Gasteiger charge is -2.32. The normalized spacial score (nSPS) is 22.5. The summed E-state index contributed by atoms with van der Waals surface area (Å²) in [6.45, 7) is 6.15. The fourth-order valence-electron chi connectivity index (χ4n) is 2.98. The predicted molar refractivity (Wildman–Crippen MR) is 77.3 cm³/mol.